The molecule has 5 aliphatic heterocycles. The summed E-state index contributed by atoms with van der Waals surface area (Å²) < 4.78 is 13.4. The molecule has 0 aliphatic carbocycles. The van der Waals surface area contributed by atoms with Crippen LogP contribution in [0.25, 0.3) is 11.1 Å². The predicted molar refractivity (Wildman–Crippen MR) is 196 cm³/mol. The van der Waals surface area contributed by atoms with Crippen LogP contribution in [0.1, 0.15) is 63.1 Å². The van der Waals surface area contributed by atoms with Crippen LogP contribution in [0.15, 0.2) is 41.3 Å². The van der Waals surface area contributed by atoms with Crippen LogP contribution >= 0.6 is 0 Å². The molecule has 6 heterocycles. The molecule has 3 aromatic rings. The molecule has 3 fully saturated rings. The Morgan fingerprint density at radius 3 is 2.22 bits per heavy atom. The van der Waals surface area contributed by atoms with Gasteiger partial charge in [-0.2, -0.15) is 0 Å². The van der Waals surface area contributed by atoms with Crippen LogP contribution in [0.3, 0.4) is 0 Å². The monoisotopic (exact) mass is 737 g/mol. The third-order valence-corrected chi connectivity index (χ3v) is 11.8. The second kappa shape index (κ2) is 13.3. The first-order chi connectivity index (χ1) is 25.9. The molecule has 15 nitrogen and oxygen atoms in total. The first kappa shape index (κ1) is 35.3. The number of aromatic nitrogens is 1. The van der Waals surface area contributed by atoms with E-state index in [0.717, 1.165) is 71.9 Å². The maximum Gasteiger partial charge on any atom is 0.317 e. The van der Waals surface area contributed by atoms with Gasteiger partial charge in [-0.25, -0.2) is 4.79 Å². The Hall–Kier alpha value is -5.70. The van der Waals surface area contributed by atoms with Crippen molar-refractivity contribution >= 4 is 35.3 Å². The van der Waals surface area contributed by atoms with E-state index in [-0.39, 0.29) is 42.0 Å². The standard InChI is InChI=1S/C39H43N7O8/c1-40-38(52)44-18-27-26(16-42(2)35(49)28(27)19-44)22-13-31(53-3)29(32(14-22)54-4)17-43-11-9-39(10-12-43)20-45(21-39)23-5-6-24-25(15-23)37(51)46(36(24)50)30-7-8-33(47)41-34(30)48/h5-6,13-16,30H,7-12,17-21H2,1-4H3,(H,40,52)(H,41,47,48)/t30-/m1/s1. The minimum absolute atomic E-state index is 0.0804. The van der Waals surface area contributed by atoms with E-state index in [0.29, 0.717) is 35.7 Å². The number of hydrogen-bond donors (Lipinski definition) is 2. The van der Waals surface area contributed by atoms with Gasteiger partial charge in [0.05, 0.1) is 37.5 Å². The summed E-state index contributed by atoms with van der Waals surface area (Å²) in [5.74, 6) is -0.655. The zero-order valence-corrected chi connectivity index (χ0v) is 30.8. The lowest BCUT2D eigenvalue weighted by Gasteiger charge is -2.55. The van der Waals surface area contributed by atoms with Crippen molar-refractivity contribution < 1.29 is 33.4 Å². The second-order valence-electron chi connectivity index (χ2n) is 15.0. The normalized spacial score (nSPS) is 20.5. The van der Waals surface area contributed by atoms with E-state index in [1.807, 2.05) is 24.4 Å². The molecule has 0 bridgehead atoms. The third kappa shape index (κ3) is 5.77. The molecule has 0 unspecified atom stereocenters. The number of amides is 6. The fraction of sp³-hybridized carbons (Fsp3) is 0.436. The molecule has 5 aliphatic rings. The van der Waals surface area contributed by atoms with Gasteiger partial charge in [-0.15, -0.1) is 0 Å². The Labute approximate surface area is 311 Å². The Kier molecular flexibility index (Phi) is 8.71. The number of nitrogens with zero attached hydrogens (tertiary/aromatic N) is 5. The summed E-state index contributed by atoms with van der Waals surface area (Å²) in [6.07, 6.45) is 3.99. The number of fused-ring (bicyclic) bond motifs is 2. The number of pyridine rings is 1. The lowest BCUT2D eigenvalue weighted by atomic mass is 9.71. The minimum atomic E-state index is -0.988. The number of carbonyl (C=O) groups is 5. The van der Waals surface area contributed by atoms with Crippen LogP contribution in [0.4, 0.5) is 10.5 Å². The zero-order chi connectivity index (χ0) is 38.1. The number of urea groups is 1. The quantitative estimate of drug-likeness (QED) is 0.344. The summed E-state index contributed by atoms with van der Waals surface area (Å²) >= 11 is 0. The highest BCUT2D eigenvalue weighted by Crippen LogP contribution is 2.45. The molecule has 282 valence electrons. The number of benzene rings is 2. The van der Waals surface area contributed by atoms with E-state index in [2.05, 4.69) is 20.4 Å². The third-order valence-electron chi connectivity index (χ3n) is 11.8. The summed E-state index contributed by atoms with van der Waals surface area (Å²) in [5, 5.41) is 4.89. The summed E-state index contributed by atoms with van der Waals surface area (Å²) in [4.78, 5) is 83.3. The minimum Gasteiger partial charge on any atom is -0.496 e. The van der Waals surface area contributed by atoms with Gasteiger partial charge in [0, 0.05) is 75.1 Å². The van der Waals surface area contributed by atoms with Gasteiger partial charge in [0.15, 0.2) is 0 Å². The van der Waals surface area contributed by atoms with E-state index >= 15 is 0 Å². The molecular formula is C39H43N7O8. The number of ether oxygens (including phenoxy) is 2. The molecule has 6 amide bonds. The smallest absolute Gasteiger partial charge is 0.317 e. The van der Waals surface area contributed by atoms with Crippen molar-refractivity contribution in [3.8, 4) is 22.6 Å². The topological polar surface area (TPSA) is 163 Å². The highest BCUT2D eigenvalue weighted by molar-refractivity contribution is 6.23. The van der Waals surface area contributed by atoms with Crippen LogP contribution in [-0.4, -0.2) is 102 Å². The van der Waals surface area contributed by atoms with E-state index in [1.165, 1.54) is 0 Å². The molecule has 8 rings (SSSR count). The average Bonchev–Trinajstić information content (AvgIpc) is 3.71. The summed E-state index contributed by atoms with van der Waals surface area (Å²) in [5.41, 5.74) is 5.51. The van der Waals surface area contributed by atoms with Crippen molar-refractivity contribution in [2.24, 2.45) is 12.5 Å². The molecule has 0 saturated carbocycles. The fourth-order valence-corrected chi connectivity index (χ4v) is 8.79. The molecule has 2 N–H and O–H groups in total. The molecule has 1 spiro atoms. The number of hydrogen-bond acceptors (Lipinski definition) is 10. The summed E-state index contributed by atoms with van der Waals surface area (Å²) in [6, 6.07) is 8.03. The number of nitrogens with one attached hydrogen (secondary N) is 2. The van der Waals surface area contributed by atoms with Crippen LogP contribution in [-0.2, 0) is 36.3 Å². The molecule has 0 radical (unpaired) electrons. The van der Waals surface area contributed by atoms with Crippen molar-refractivity contribution in [1.29, 1.82) is 0 Å². The maximum absolute atomic E-state index is 13.4. The van der Waals surface area contributed by atoms with Gasteiger partial charge in [0.2, 0.25) is 11.8 Å². The van der Waals surface area contributed by atoms with Gasteiger partial charge in [-0.3, -0.25) is 39.1 Å². The van der Waals surface area contributed by atoms with Crippen molar-refractivity contribution in [2.45, 2.75) is 51.4 Å². The van der Waals surface area contributed by atoms with Gasteiger partial charge < -0.3 is 29.2 Å². The Morgan fingerprint density at radius 2 is 1.57 bits per heavy atom. The number of likely N-dealkylation sites (tertiary alicyclic amines) is 1. The Morgan fingerprint density at radius 1 is 0.907 bits per heavy atom. The number of piperidine rings is 2. The molecule has 15 heteroatoms. The number of rotatable bonds is 7. The molecule has 1 aromatic heterocycles. The van der Waals surface area contributed by atoms with E-state index in [1.54, 1.807) is 49.9 Å². The lowest BCUT2D eigenvalue weighted by Crippen LogP contribution is -2.60. The number of anilines is 1. The van der Waals surface area contributed by atoms with Crippen LogP contribution in [0.2, 0.25) is 0 Å². The van der Waals surface area contributed by atoms with E-state index in [9.17, 15) is 28.8 Å². The van der Waals surface area contributed by atoms with Gasteiger partial charge >= 0.3 is 6.03 Å². The van der Waals surface area contributed by atoms with Crippen molar-refractivity contribution in [1.82, 2.24) is 29.9 Å². The van der Waals surface area contributed by atoms with Gasteiger partial charge in [0.25, 0.3) is 17.4 Å². The molecule has 1 atom stereocenters. The number of carbonyl (C=O) groups excluding carboxylic acids is 5. The largest absolute Gasteiger partial charge is 0.496 e. The highest BCUT2D eigenvalue weighted by Gasteiger charge is 2.47. The van der Waals surface area contributed by atoms with Gasteiger partial charge in [-0.05, 0) is 73.8 Å². The number of aryl methyl sites for hydroxylation is 1. The Balaban J connectivity index is 0.936. The molecule has 2 aromatic carbocycles. The van der Waals surface area contributed by atoms with Gasteiger partial charge in [-0.1, -0.05) is 0 Å². The first-order valence-electron chi connectivity index (χ1n) is 18.2. The number of methoxy groups -OCH3 is 2. The van der Waals surface area contributed by atoms with Crippen molar-refractivity contribution in [3.05, 3.63) is 74.7 Å². The summed E-state index contributed by atoms with van der Waals surface area (Å²) in [7, 11) is 6.58. The number of imide groups is 2. The first-order valence-corrected chi connectivity index (χ1v) is 18.2. The van der Waals surface area contributed by atoms with Crippen molar-refractivity contribution in [2.75, 3.05) is 52.3 Å². The predicted octanol–water partition coefficient (Wildman–Crippen LogP) is 2.23. The van der Waals surface area contributed by atoms with E-state index in [4.69, 9.17) is 9.47 Å². The lowest BCUT2D eigenvalue weighted by molar-refractivity contribution is -0.136. The Bertz CT molecular complexity index is 2160. The second-order valence-corrected chi connectivity index (χ2v) is 15.0. The summed E-state index contributed by atoms with van der Waals surface area (Å²) in [6.45, 7) is 4.63. The van der Waals surface area contributed by atoms with Crippen LogP contribution in [0, 0.1) is 5.41 Å². The van der Waals surface area contributed by atoms with Gasteiger partial charge in [0.1, 0.15) is 17.5 Å². The average molecular weight is 738 g/mol. The van der Waals surface area contributed by atoms with Crippen LogP contribution < -0.4 is 30.6 Å². The SMILES string of the molecule is CNC(=O)N1Cc2c(-c3cc(OC)c(CN4CCC5(CC4)CN(c4ccc6c(c4)C(=O)N([C@@H]4CCC(=O)NC4=O)C6=O)C5)c(OC)c3)cn(C)c(=O)c2C1. The maximum atomic E-state index is 13.4. The van der Waals surface area contributed by atoms with Crippen molar-refractivity contribution in [3.63, 3.8) is 0 Å². The zero-order valence-electron chi connectivity index (χ0n) is 30.8. The molecule has 54 heavy (non-hydrogen) atoms. The highest BCUT2D eigenvalue weighted by atomic mass is 16.5. The molecule has 3 saturated heterocycles. The fourth-order valence-electron chi connectivity index (χ4n) is 8.79. The van der Waals surface area contributed by atoms with E-state index < -0.39 is 29.7 Å². The van der Waals surface area contributed by atoms with Crippen LogP contribution in [0.5, 0.6) is 11.5 Å². The molecular weight excluding hydrogens is 694 g/mol.